The van der Waals surface area contributed by atoms with Gasteiger partial charge in [-0.05, 0) is 13.3 Å². The molecule has 1 rings (SSSR count). The van der Waals surface area contributed by atoms with Crippen molar-refractivity contribution in [1.82, 2.24) is 15.2 Å². The van der Waals surface area contributed by atoms with Gasteiger partial charge in [-0.3, -0.25) is 10.5 Å². The van der Waals surface area contributed by atoms with Crippen LogP contribution in [-0.2, 0) is 11.3 Å². The molecule has 0 saturated heterocycles. The van der Waals surface area contributed by atoms with E-state index in [4.69, 9.17) is 22.2 Å². The van der Waals surface area contributed by atoms with Gasteiger partial charge >= 0.3 is 0 Å². The number of ether oxygens (including phenoxy) is 1. The monoisotopic (exact) mass is 246 g/mol. The Labute approximate surface area is 101 Å². The summed E-state index contributed by atoms with van der Waals surface area (Å²) in [5.74, 6) is 5.54. The van der Waals surface area contributed by atoms with E-state index in [0.717, 1.165) is 18.7 Å². The van der Waals surface area contributed by atoms with Crippen LogP contribution < -0.4 is 11.3 Å². The summed E-state index contributed by atoms with van der Waals surface area (Å²) in [5, 5.41) is 4.84. The molecule has 6 heteroatoms. The average Bonchev–Trinajstić information content (AvgIpc) is 2.63. The van der Waals surface area contributed by atoms with Crippen LogP contribution in [0.2, 0.25) is 5.02 Å². The molecule has 0 amide bonds. The van der Waals surface area contributed by atoms with Gasteiger partial charge in [0.25, 0.3) is 0 Å². The first kappa shape index (κ1) is 13.4. The van der Waals surface area contributed by atoms with Crippen molar-refractivity contribution in [1.29, 1.82) is 0 Å². The lowest BCUT2D eigenvalue weighted by Crippen LogP contribution is -2.37. The lowest BCUT2D eigenvalue weighted by Gasteiger charge is -2.23. The second-order valence-electron chi connectivity index (χ2n) is 3.69. The first-order valence-corrected chi connectivity index (χ1v) is 5.73. The molecule has 3 N–H and O–H groups in total. The van der Waals surface area contributed by atoms with Crippen LogP contribution in [-0.4, -0.2) is 23.0 Å². The number of hydrogen-bond donors (Lipinski definition) is 2. The van der Waals surface area contributed by atoms with Crippen LogP contribution in [0.1, 0.15) is 32.0 Å². The second-order valence-corrected chi connectivity index (χ2v) is 4.09. The zero-order valence-electron chi connectivity index (χ0n) is 9.90. The maximum absolute atomic E-state index is 6.12. The first-order valence-electron chi connectivity index (χ1n) is 5.35. The number of nitrogens with zero attached hydrogens (tertiary/aromatic N) is 2. The Morgan fingerprint density at radius 2 is 2.38 bits per heavy atom. The van der Waals surface area contributed by atoms with E-state index in [1.165, 1.54) is 0 Å². The fourth-order valence-electron chi connectivity index (χ4n) is 1.64. The number of hydrogen-bond acceptors (Lipinski definition) is 4. The van der Waals surface area contributed by atoms with E-state index < -0.39 is 0 Å². The second kappa shape index (κ2) is 6.20. The van der Waals surface area contributed by atoms with Gasteiger partial charge in [-0.1, -0.05) is 18.5 Å². The lowest BCUT2D eigenvalue weighted by molar-refractivity contribution is 0.0800. The third-order valence-electron chi connectivity index (χ3n) is 2.58. The Bertz CT molecular complexity index is 329. The van der Waals surface area contributed by atoms with Gasteiger partial charge in [-0.15, -0.1) is 0 Å². The highest BCUT2D eigenvalue weighted by atomic mass is 35.5. The minimum absolute atomic E-state index is 0.0743. The molecule has 92 valence electrons. The normalized spacial score (nSPS) is 15.1. The average molecular weight is 247 g/mol. The van der Waals surface area contributed by atoms with Crippen molar-refractivity contribution >= 4 is 11.6 Å². The van der Waals surface area contributed by atoms with E-state index in [1.54, 1.807) is 13.3 Å². The summed E-state index contributed by atoms with van der Waals surface area (Å²) in [6, 6.07) is -0.161. The van der Waals surface area contributed by atoms with Crippen LogP contribution in [0.5, 0.6) is 0 Å². The molecule has 0 aromatic carbocycles. The molecule has 0 saturated carbocycles. The van der Waals surface area contributed by atoms with E-state index in [1.807, 2.05) is 11.6 Å². The van der Waals surface area contributed by atoms with E-state index in [0.29, 0.717) is 5.02 Å². The topological polar surface area (TPSA) is 65.1 Å². The molecule has 2 unspecified atom stereocenters. The van der Waals surface area contributed by atoms with E-state index in [-0.39, 0.29) is 12.1 Å². The van der Waals surface area contributed by atoms with Crippen molar-refractivity contribution in [2.75, 3.05) is 7.11 Å². The lowest BCUT2D eigenvalue weighted by atomic mass is 10.1. The Kier molecular flexibility index (Phi) is 5.21. The fourth-order valence-corrected chi connectivity index (χ4v) is 1.90. The maximum Gasteiger partial charge on any atom is 0.0902 e. The van der Waals surface area contributed by atoms with Gasteiger partial charge in [-0.25, -0.2) is 5.43 Å². The van der Waals surface area contributed by atoms with Gasteiger partial charge in [0.1, 0.15) is 0 Å². The number of rotatable bonds is 6. The molecule has 0 bridgehead atoms. The molecule has 1 aromatic heterocycles. The summed E-state index contributed by atoms with van der Waals surface area (Å²) in [5.41, 5.74) is 3.60. The summed E-state index contributed by atoms with van der Waals surface area (Å²) in [6.45, 7) is 4.84. The van der Waals surface area contributed by atoms with Gasteiger partial charge in [0.15, 0.2) is 0 Å². The molecular formula is C10H19ClN4O. The van der Waals surface area contributed by atoms with Crippen LogP contribution >= 0.6 is 11.6 Å². The molecule has 1 heterocycles. The number of halogens is 1. The van der Waals surface area contributed by atoms with Crippen LogP contribution in [0.25, 0.3) is 0 Å². The third kappa shape index (κ3) is 2.74. The highest BCUT2D eigenvalue weighted by molar-refractivity contribution is 6.31. The molecular weight excluding hydrogens is 228 g/mol. The van der Waals surface area contributed by atoms with Gasteiger partial charge < -0.3 is 4.74 Å². The van der Waals surface area contributed by atoms with Gasteiger partial charge in [0, 0.05) is 13.7 Å². The fraction of sp³-hybridized carbons (Fsp3) is 0.700. The molecule has 16 heavy (non-hydrogen) atoms. The maximum atomic E-state index is 6.12. The minimum atomic E-state index is -0.161. The van der Waals surface area contributed by atoms with Crippen molar-refractivity contribution in [2.45, 2.75) is 39.0 Å². The Hall–Kier alpha value is -0.620. The zero-order valence-corrected chi connectivity index (χ0v) is 10.7. The summed E-state index contributed by atoms with van der Waals surface area (Å²) in [6.07, 6.45) is 2.55. The molecule has 0 spiro atoms. The summed E-state index contributed by atoms with van der Waals surface area (Å²) in [7, 11) is 1.64. The van der Waals surface area contributed by atoms with Gasteiger partial charge in [0.05, 0.1) is 29.1 Å². The SMILES string of the molecule is CCCn1ncc(Cl)c1C(NN)C(C)OC. The van der Waals surface area contributed by atoms with Crippen LogP contribution in [0.3, 0.4) is 0 Å². The molecule has 0 radical (unpaired) electrons. The Balaban J connectivity index is 3.02. The molecule has 0 aliphatic carbocycles. The van der Waals surface area contributed by atoms with Crippen LogP contribution in [0, 0.1) is 0 Å². The van der Waals surface area contributed by atoms with Crippen molar-refractivity contribution in [2.24, 2.45) is 5.84 Å². The predicted octanol–water partition coefficient (Wildman–Crippen LogP) is 1.49. The standard InChI is InChI=1S/C10H19ClN4O/c1-4-5-15-10(8(11)6-13-15)9(14-12)7(2)16-3/h6-7,9,14H,4-5,12H2,1-3H3. The molecule has 0 aliphatic heterocycles. The minimum Gasteiger partial charge on any atom is -0.380 e. The molecule has 0 fully saturated rings. The number of methoxy groups -OCH3 is 1. The van der Waals surface area contributed by atoms with Gasteiger partial charge in [-0.2, -0.15) is 5.10 Å². The number of aryl methyl sites for hydroxylation is 1. The van der Waals surface area contributed by atoms with Gasteiger partial charge in [0.2, 0.25) is 0 Å². The third-order valence-corrected chi connectivity index (χ3v) is 2.88. The summed E-state index contributed by atoms with van der Waals surface area (Å²) in [4.78, 5) is 0. The molecule has 0 aliphatic rings. The Morgan fingerprint density at radius 3 is 2.88 bits per heavy atom. The highest BCUT2D eigenvalue weighted by Crippen LogP contribution is 2.25. The van der Waals surface area contributed by atoms with Crippen LogP contribution in [0.15, 0.2) is 6.20 Å². The largest absolute Gasteiger partial charge is 0.380 e. The zero-order chi connectivity index (χ0) is 12.1. The van der Waals surface area contributed by atoms with Crippen molar-refractivity contribution in [3.8, 4) is 0 Å². The van der Waals surface area contributed by atoms with Crippen molar-refractivity contribution in [3.05, 3.63) is 16.9 Å². The predicted molar refractivity (Wildman–Crippen MR) is 64.1 cm³/mol. The molecule has 2 atom stereocenters. The molecule has 5 nitrogen and oxygen atoms in total. The van der Waals surface area contributed by atoms with Crippen molar-refractivity contribution in [3.63, 3.8) is 0 Å². The highest BCUT2D eigenvalue weighted by Gasteiger charge is 2.24. The Morgan fingerprint density at radius 1 is 1.69 bits per heavy atom. The molecule has 1 aromatic rings. The quantitative estimate of drug-likeness (QED) is 0.590. The number of nitrogens with two attached hydrogens (primary N) is 1. The smallest absolute Gasteiger partial charge is 0.0902 e. The van der Waals surface area contributed by atoms with E-state index in [2.05, 4.69) is 17.4 Å². The van der Waals surface area contributed by atoms with E-state index >= 15 is 0 Å². The van der Waals surface area contributed by atoms with Crippen molar-refractivity contribution < 1.29 is 4.74 Å². The number of aromatic nitrogens is 2. The number of nitrogens with one attached hydrogen (secondary N) is 1. The number of hydrazine groups is 1. The summed E-state index contributed by atoms with van der Waals surface area (Å²) < 4.78 is 7.14. The van der Waals surface area contributed by atoms with Crippen LogP contribution in [0.4, 0.5) is 0 Å². The van der Waals surface area contributed by atoms with E-state index in [9.17, 15) is 0 Å². The first-order chi connectivity index (χ1) is 7.65. The summed E-state index contributed by atoms with van der Waals surface area (Å²) >= 11 is 6.12.